The van der Waals surface area contributed by atoms with Crippen molar-refractivity contribution < 1.29 is 4.79 Å². The summed E-state index contributed by atoms with van der Waals surface area (Å²) in [5, 5.41) is 2.08. The molecule has 2 aromatic heterocycles. The summed E-state index contributed by atoms with van der Waals surface area (Å²) < 4.78 is 2.44. The molecular weight excluding hydrogens is 298 g/mol. The first kappa shape index (κ1) is 13.4. The molecule has 5 heteroatoms. The van der Waals surface area contributed by atoms with Gasteiger partial charge in [0.05, 0.1) is 4.88 Å². The van der Waals surface area contributed by atoms with Gasteiger partial charge in [0.25, 0.3) is 5.91 Å². The number of hydrogen-bond acceptors (Lipinski definition) is 3. The van der Waals surface area contributed by atoms with Crippen LogP contribution in [0.3, 0.4) is 0 Å². The minimum absolute atomic E-state index is 0.197. The van der Waals surface area contributed by atoms with E-state index in [2.05, 4.69) is 11.4 Å². The van der Waals surface area contributed by atoms with Crippen molar-refractivity contribution >= 4 is 49.6 Å². The normalized spacial score (nSPS) is 20.1. The quantitative estimate of drug-likeness (QED) is 0.759. The molecule has 1 aliphatic rings. The van der Waals surface area contributed by atoms with E-state index in [0.29, 0.717) is 11.9 Å². The summed E-state index contributed by atoms with van der Waals surface area (Å²) in [5.74, 6) is 0.830. The number of nitrogens with zero attached hydrogens (tertiary/aromatic N) is 1. The molecule has 0 aromatic carbocycles. The topological polar surface area (TPSA) is 20.3 Å². The van der Waals surface area contributed by atoms with Crippen LogP contribution in [-0.4, -0.2) is 29.3 Å². The van der Waals surface area contributed by atoms with E-state index in [1.54, 1.807) is 22.7 Å². The number of carbonyl (C=O) groups is 1. The Bertz CT molecular complexity index is 546. The Hall–Kier alpha value is -0.580. The van der Waals surface area contributed by atoms with Crippen LogP contribution >= 0.6 is 34.3 Å². The maximum Gasteiger partial charge on any atom is 0.264 e. The van der Waals surface area contributed by atoms with Crippen molar-refractivity contribution in [3.8, 4) is 0 Å². The number of amides is 1. The zero-order valence-corrected chi connectivity index (χ0v) is 13.0. The monoisotopic (exact) mass is 313 g/mol. The van der Waals surface area contributed by atoms with Crippen molar-refractivity contribution in [2.75, 3.05) is 12.4 Å². The molecule has 0 spiro atoms. The van der Waals surface area contributed by atoms with Crippen molar-refractivity contribution in [3.63, 3.8) is 0 Å². The van der Waals surface area contributed by atoms with Crippen LogP contribution in [0.25, 0.3) is 9.40 Å². The third-order valence-electron chi connectivity index (χ3n) is 3.68. The second kappa shape index (κ2) is 5.81. The standard InChI is InChI=1S/C14H16ClNOS2/c15-6-4-10-3-1-2-7-16(10)14(17)13-9-12-11(19-13)5-8-18-12/h5,8-10H,1-4,6-7H2. The fourth-order valence-corrected chi connectivity index (χ4v) is 5.02. The molecule has 1 aliphatic heterocycles. The highest BCUT2D eigenvalue weighted by Gasteiger charge is 2.28. The number of thiophene rings is 2. The van der Waals surface area contributed by atoms with Crippen LogP contribution in [-0.2, 0) is 0 Å². The summed E-state index contributed by atoms with van der Waals surface area (Å²) in [6.45, 7) is 0.881. The zero-order valence-electron chi connectivity index (χ0n) is 10.6. The predicted molar refractivity (Wildman–Crippen MR) is 83.7 cm³/mol. The molecule has 0 radical (unpaired) electrons. The Balaban J connectivity index is 1.83. The zero-order chi connectivity index (χ0) is 13.2. The van der Waals surface area contributed by atoms with Crippen molar-refractivity contribution in [3.05, 3.63) is 22.4 Å². The molecule has 0 bridgehead atoms. The Labute approximate surface area is 126 Å². The van der Waals surface area contributed by atoms with Gasteiger partial charge in [0.15, 0.2) is 0 Å². The molecule has 1 atom stereocenters. The van der Waals surface area contributed by atoms with Gasteiger partial charge < -0.3 is 4.90 Å². The van der Waals surface area contributed by atoms with E-state index >= 15 is 0 Å². The molecule has 1 amide bonds. The van der Waals surface area contributed by atoms with Gasteiger partial charge in [-0.05, 0) is 43.2 Å². The second-order valence-corrected chi connectivity index (χ2v) is 7.29. The molecule has 0 saturated carbocycles. The molecule has 19 heavy (non-hydrogen) atoms. The van der Waals surface area contributed by atoms with E-state index in [9.17, 15) is 4.79 Å². The molecule has 102 valence electrons. The number of fused-ring (bicyclic) bond motifs is 1. The summed E-state index contributed by atoms with van der Waals surface area (Å²) in [7, 11) is 0. The van der Waals surface area contributed by atoms with Crippen LogP contribution in [0.1, 0.15) is 35.4 Å². The molecule has 0 N–H and O–H groups in total. The van der Waals surface area contributed by atoms with Gasteiger partial charge in [-0.15, -0.1) is 34.3 Å². The lowest BCUT2D eigenvalue weighted by Gasteiger charge is -2.35. The van der Waals surface area contributed by atoms with Crippen molar-refractivity contribution in [1.82, 2.24) is 4.90 Å². The number of alkyl halides is 1. The van der Waals surface area contributed by atoms with Gasteiger partial charge in [-0.25, -0.2) is 0 Å². The average molecular weight is 314 g/mol. The first-order valence-electron chi connectivity index (χ1n) is 6.63. The third kappa shape index (κ3) is 2.67. The smallest absolute Gasteiger partial charge is 0.264 e. The fourth-order valence-electron chi connectivity index (χ4n) is 2.71. The van der Waals surface area contributed by atoms with Crippen molar-refractivity contribution in [1.29, 1.82) is 0 Å². The highest BCUT2D eigenvalue weighted by molar-refractivity contribution is 7.27. The second-order valence-electron chi connectivity index (χ2n) is 4.89. The van der Waals surface area contributed by atoms with Gasteiger partial charge in [-0.2, -0.15) is 0 Å². The van der Waals surface area contributed by atoms with E-state index in [0.717, 1.165) is 30.7 Å². The molecule has 1 fully saturated rings. The summed E-state index contributed by atoms with van der Waals surface area (Å²) in [6.07, 6.45) is 4.33. The Morgan fingerprint density at radius 3 is 3.11 bits per heavy atom. The number of piperidine rings is 1. The van der Waals surface area contributed by atoms with Crippen LogP contribution in [0, 0.1) is 0 Å². The van der Waals surface area contributed by atoms with Crippen LogP contribution in [0.2, 0.25) is 0 Å². The summed E-state index contributed by atoms with van der Waals surface area (Å²) in [4.78, 5) is 15.6. The van der Waals surface area contributed by atoms with E-state index in [1.165, 1.54) is 15.8 Å². The molecule has 1 saturated heterocycles. The summed E-state index contributed by atoms with van der Waals surface area (Å²) in [5.41, 5.74) is 0. The lowest BCUT2D eigenvalue weighted by atomic mass is 10.00. The maximum atomic E-state index is 12.7. The third-order valence-corrected chi connectivity index (χ3v) is 5.98. The van der Waals surface area contributed by atoms with Gasteiger partial charge in [0, 0.05) is 27.9 Å². The van der Waals surface area contributed by atoms with E-state index < -0.39 is 0 Å². The molecule has 3 heterocycles. The van der Waals surface area contributed by atoms with E-state index in [4.69, 9.17) is 11.6 Å². The molecule has 2 nitrogen and oxygen atoms in total. The Morgan fingerprint density at radius 1 is 1.42 bits per heavy atom. The van der Waals surface area contributed by atoms with Gasteiger partial charge in [-0.1, -0.05) is 0 Å². The SMILES string of the molecule is O=C(c1cc2sccc2s1)N1CCCCC1CCCl. The minimum Gasteiger partial charge on any atom is -0.335 e. The number of carbonyl (C=O) groups excluding carboxylic acids is 1. The summed E-state index contributed by atoms with van der Waals surface area (Å²) in [6, 6.07) is 4.46. The number of halogens is 1. The van der Waals surface area contributed by atoms with Gasteiger partial charge >= 0.3 is 0 Å². The average Bonchev–Trinajstić information content (AvgIpc) is 2.99. The highest BCUT2D eigenvalue weighted by Crippen LogP contribution is 2.32. The van der Waals surface area contributed by atoms with Crippen LogP contribution in [0.15, 0.2) is 17.5 Å². The minimum atomic E-state index is 0.197. The van der Waals surface area contributed by atoms with E-state index in [-0.39, 0.29) is 5.91 Å². The maximum absolute atomic E-state index is 12.7. The Morgan fingerprint density at radius 2 is 2.32 bits per heavy atom. The predicted octanol–water partition coefficient (Wildman–Crippen LogP) is 4.59. The van der Waals surface area contributed by atoms with Crippen molar-refractivity contribution in [2.24, 2.45) is 0 Å². The molecule has 0 aliphatic carbocycles. The summed E-state index contributed by atoms with van der Waals surface area (Å²) >= 11 is 9.18. The van der Waals surface area contributed by atoms with Gasteiger partial charge in [-0.3, -0.25) is 4.79 Å². The van der Waals surface area contributed by atoms with Crippen LogP contribution in [0.5, 0.6) is 0 Å². The first-order chi connectivity index (χ1) is 9.29. The van der Waals surface area contributed by atoms with Gasteiger partial charge in [0.1, 0.15) is 0 Å². The largest absolute Gasteiger partial charge is 0.335 e. The van der Waals surface area contributed by atoms with Gasteiger partial charge in [0.2, 0.25) is 0 Å². The van der Waals surface area contributed by atoms with Crippen LogP contribution in [0.4, 0.5) is 0 Å². The molecule has 1 unspecified atom stereocenters. The van der Waals surface area contributed by atoms with E-state index in [1.807, 2.05) is 11.0 Å². The lowest BCUT2D eigenvalue weighted by Crippen LogP contribution is -2.43. The molecular formula is C14H16ClNOS2. The lowest BCUT2D eigenvalue weighted by molar-refractivity contribution is 0.0614. The highest BCUT2D eigenvalue weighted by atomic mass is 35.5. The number of rotatable bonds is 3. The Kier molecular flexibility index (Phi) is 4.10. The fraction of sp³-hybridized carbons (Fsp3) is 0.500. The molecule has 2 aromatic rings. The van der Waals surface area contributed by atoms with Crippen molar-refractivity contribution in [2.45, 2.75) is 31.7 Å². The first-order valence-corrected chi connectivity index (χ1v) is 8.86. The molecule has 3 rings (SSSR count). The number of hydrogen-bond donors (Lipinski definition) is 0. The number of likely N-dealkylation sites (tertiary alicyclic amines) is 1. The van der Waals surface area contributed by atoms with Crippen LogP contribution < -0.4 is 0 Å².